The Kier molecular flexibility index (Phi) is 9.63. The summed E-state index contributed by atoms with van der Waals surface area (Å²) >= 11 is 0. The Morgan fingerprint density at radius 2 is 1.61 bits per heavy atom. The van der Waals surface area contributed by atoms with Crippen LogP contribution in [0, 0.1) is 49.5 Å². The predicted octanol–water partition coefficient (Wildman–Crippen LogP) is 4.96. The van der Waals surface area contributed by atoms with Gasteiger partial charge in [-0.25, -0.2) is 18.5 Å². The van der Waals surface area contributed by atoms with E-state index >= 15 is 0 Å². The number of sulfonamides is 1. The maximum Gasteiger partial charge on any atom is 0.207 e. The summed E-state index contributed by atoms with van der Waals surface area (Å²) in [6.45, 7) is 22.8. The molecule has 2 heterocycles. The summed E-state index contributed by atoms with van der Waals surface area (Å²) in [6.07, 6.45) is 0. The van der Waals surface area contributed by atoms with Crippen LogP contribution in [-0.2, 0) is 42.7 Å². The Hall–Kier alpha value is -0.496. The smallest absolute Gasteiger partial charge is 0.207 e. The molecule has 2 rings (SSSR count). The molecule has 0 unspecified atom stereocenters. The van der Waals surface area contributed by atoms with Crippen LogP contribution in [0.4, 0.5) is 0 Å². The third kappa shape index (κ3) is 6.30. The number of primary sulfonamides is 1. The maximum absolute atomic E-state index is 11.8. The molecule has 2 aromatic heterocycles. The van der Waals surface area contributed by atoms with Crippen LogP contribution in [0.2, 0.25) is 0 Å². The van der Waals surface area contributed by atoms with Crippen LogP contribution in [0.1, 0.15) is 73.1 Å². The van der Waals surface area contributed by atoms with Gasteiger partial charge in [0.2, 0.25) is 10.0 Å². The molecule has 1 radical (unpaired) electrons. The van der Waals surface area contributed by atoms with E-state index in [4.69, 9.17) is 5.14 Å². The number of fused-ring (bicyclic) bond motifs is 1. The van der Waals surface area contributed by atoms with Gasteiger partial charge < -0.3 is 10.5 Å². The molecule has 0 aliphatic heterocycles. The van der Waals surface area contributed by atoms with Gasteiger partial charge in [0, 0.05) is 49.8 Å². The molecule has 0 amide bonds. The Morgan fingerprint density at radius 3 is 2.10 bits per heavy atom. The SMILES string of the molecule is C.Cc1nc(C)c2cc(C)n([CH-]C(C)(C)C(C)(C)[C-](C)C(C)(C)CS(N)(=O)=O)c2n1.[Y]. The van der Waals surface area contributed by atoms with Crippen LogP contribution in [0.25, 0.3) is 11.0 Å². The third-order valence-corrected chi connectivity index (χ3v) is 7.89. The van der Waals surface area contributed by atoms with Crippen molar-refractivity contribution in [1.29, 1.82) is 0 Å². The molecule has 0 bridgehead atoms. The second-order valence-corrected chi connectivity index (χ2v) is 11.7. The molecule has 0 saturated carbocycles. The van der Waals surface area contributed by atoms with Crippen LogP contribution < -0.4 is 5.14 Å². The first-order valence-corrected chi connectivity index (χ1v) is 11.6. The molecule has 8 heteroatoms. The van der Waals surface area contributed by atoms with Gasteiger partial charge in [-0.1, -0.05) is 73.1 Å². The van der Waals surface area contributed by atoms with Crippen LogP contribution in [0.3, 0.4) is 0 Å². The molecular weight excluding hydrogens is 485 g/mol. The zero-order valence-corrected chi connectivity index (χ0v) is 23.7. The normalized spacial score (nSPS) is 13.2. The number of rotatable bonds is 7. The number of hydrogen-bond acceptors (Lipinski definition) is 4. The van der Waals surface area contributed by atoms with Gasteiger partial charge in [-0.2, -0.15) is 12.3 Å². The molecule has 2 N–H and O–H groups in total. The van der Waals surface area contributed by atoms with E-state index in [9.17, 15) is 8.42 Å². The molecule has 0 aliphatic carbocycles. The summed E-state index contributed by atoms with van der Waals surface area (Å²) in [5, 5.41) is 6.41. The molecule has 0 fully saturated rings. The van der Waals surface area contributed by atoms with E-state index in [-0.39, 0.29) is 56.7 Å². The minimum atomic E-state index is -3.58. The van der Waals surface area contributed by atoms with Crippen LogP contribution in [0.5, 0.6) is 0 Å². The minimum Gasteiger partial charge on any atom is -0.466 e. The van der Waals surface area contributed by atoms with Gasteiger partial charge in [0.15, 0.2) is 0 Å². The Morgan fingerprint density at radius 1 is 1.10 bits per heavy atom. The maximum atomic E-state index is 11.8. The van der Waals surface area contributed by atoms with Crippen molar-refractivity contribution >= 4 is 21.1 Å². The summed E-state index contributed by atoms with van der Waals surface area (Å²) in [5.74, 6) is 1.76. The van der Waals surface area contributed by atoms with E-state index in [0.717, 1.165) is 34.2 Å². The molecule has 175 valence electrons. The van der Waals surface area contributed by atoms with Gasteiger partial charge in [0.25, 0.3) is 0 Å². The second-order valence-electron chi connectivity index (χ2n) is 10.0. The molecule has 0 aromatic carbocycles. The summed E-state index contributed by atoms with van der Waals surface area (Å²) in [5.41, 5.74) is 1.81. The first-order valence-electron chi connectivity index (χ1n) is 9.93. The minimum absolute atomic E-state index is 0. The molecule has 0 aliphatic rings. The average molecular weight is 526 g/mol. The van der Waals surface area contributed by atoms with Crippen LogP contribution in [0.15, 0.2) is 6.07 Å². The summed E-state index contributed by atoms with van der Waals surface area (Å²) in [6, 6.07) is 2.12. The van der Waals surface area contributed by atoms with Gasteiger partial charge in [0.1, 0.15) is 5.82 Å². The van der Waals surface area contributed by atoms with Gasteiger partial charge >= 0.3 is 0 Å². The number of aryl methyl sites for hydroxylation is 3. The molecule has 0 saturated heterocycles. The third-order valence-electron chi connectivity index (χ3n) is 6.77. The molecular formula is C23H40N4O2SY-2. The van der Waals surface area contributed by atoms with Gasteiger partial charge in [-0.3, -0.25) is 4.98 Å². The Bertz CT molecular complexity index is 1020. The van der Waals surface area contributed by atoms with Crippen molar-refractivity contribution in [2.24, 2.45) is 21.4 Å². The Balaban J connectivity index is 0.00000450. The van der Waals surface area contributed by atoms with E-state index in [1.54, 1.807) is 0 Å². The first-order chi connectivity index (χ1) is 12.9. The van der Waals surface area contributed by atoms with E-state index in [1.165, 1.54) is 0 Å². The van der Waals surface area contributed by atoms with Gasteiger partial charge in [0.05, 0.1) is 0 Å². The quantitative estimate of drug-likeness (QED) is 0.518. The van der Waals surface area contributed by atoms with Crippen LogP contribution in [-0.4, -0.2) is 28.7 Å². The van der Waals surface area contributed by atoms with Gasteiger partial charge in [-0.15, -0.1) is 12.0 Å². The number of hydrogen-bond donors (Lipinski definition) is 1. The fourth-order valence-electron chi connectivity index (χ4n) is 4.09. The fraction of sp³-hybridized carbons (Fsp3) is 0.652. The van der Waals surface area contributed by atoms with Crippen molar-refractivity contribution in [3.05, 3.63) is 35.7 Å². The van der Waals surface area contributed by atoms with Crippen molar-refractivity contribution in [3.8, 4) is 0 Å². The predicted molar refractivity (Wildman–Crippen MR) is 126 cm³/mol. The van der Waals surface area contributed by atoms with Crippen LogP contribution >= 0.6 is 0 Å². The zero-order valence-electron chi connectivity index (χ0n) is 20.1. The van der Waals surface area contributed by atoms with E-state index in [1.807, 2.05) is 34.6 Å². The topological polar surface area (TPSA) is 90.9 Å². The monoisotopic (exact) mass is 525 g/mol. The number of nitrogens with two attached hydrogens (primary N) is 1. The Labute approximate surface area is 215 Å². The first kappa shape index (κ1) is 30.5. The molecule has 31 heavy (non-hydrogen) atoms. The average Bonchev–Trinajstić information content (AvgIpc) is 2.80. The van der Waals surface area contributed by atoms with E-state index in [0.29, 0.717) is 0 Å². The second kappa shape index (κ2) is 9.78. The largest absolute Gasteiger partial charge is 0.466 e. The fourth-order valence-corrected chi connectivity index (χ4v) is 5.31. The van der Waals surface area contributed by atoms with E-state index in [2.05, 4.69) is 61.8 Å². The molecule has 0 spiro atoms. The van der Waals surface area contributed by atoms with Crippen molar-refractivity contribution in [2.75, 3.05) is 5.75 Å². The van der Waals surface area contributed by atoms with Crippen molar-refractivity contribution < 1.29 is 41.1 Å². The number of nitrogens with zero attached hydrogens (tertiary/aromatic N) is 3. The van der Waals surface area contributed by atoms with Gasteiger partial charge in [-0.05, 0) is 19.2 Å². The summed E-state index contributed by atoms with van der Waals surface area (Å²) in [7, 11) is -3.58. The summed E-state index contributed by atoms with van der Waals surface area (Å²) < 4.78 is 25.7. The summed E-state index contributed by atoms with van der Waals surface area (Å²) in [4.78, 5) is 9.17. The standard InChI is InChI=1S/C22H36N4O2S.CH4.Y/c1-14-11-18-15(2)24-17(4)25-19(18)26(14)12-21(7,8)22(9,10)16(3)20(5,6)13-29(23,27)28;;/h11-12H,13H2,1-10H3,(H2,23,27,28);1H4;/q-2;;. The van der Waals surface area contributed by atoms with Crippen molar-refractivity contribution in [3.63, 3.8) is 0 Å². The molecule has 2 aromatic rings. The molecule has 6 nitrogen and oxygen atoms in total. The molecule has 0 atom stereocenters. The van der Waals surface area contributed by atoms with E-state index < -0.39 is 15.4 Å². The number of aromatic nitrogens is 3. The zero-order chi connectivity index (χ0) is 22.6. The van der Waals surface area contributed by atoms with Crippen molar-refractivity contribution in [1.82, 2.24) is 14.5 Å². The van der Waals surface area contributed by atoms with Crippen molar-refractivity contribution in [2.45, 2.75) is 76.7 Å².